The van der Waals surface area contributed by atoms with Gasteiger partial charge in [0, 0.05) is 22.9 Å². The lowest BCUT2D eigenvalue weighted by Gasteiger charge is -2.28. The minimum atomic E-state index is 0.661. The van der Waals surface area contributed by atoms with Crippen LogP contribution in [0.3, 0.4) is 0 Å². The van der Waals surface area contributed by atoms with E-state index in [1.165, 1.54) is 37.8 Å². The summed E-state index contributed by atoms with van der Waals surface area (Å²) in [5, 5.41) is 1.96. The normalized spacial score (nSPS) is 22.4. The van der Waals surface area contributed by atoms with E-state index in [9.17, 15) is 0 Å². The molecule has 1 aromatic rings. The van der Waals surface area contributed by atoms with Gasteiger partial charge in [-0.05, 0) is 31.0 Å². The number of hydrogen-bond acceptors (Lipinski definition) is 1. The second-order valence-electron chi connectivity index (χ2n) is 4.72. The molecule has 1 aliphatic rings. The SMILES string of the molecule is Clc1ccccc1CN1CCCCCC1CBr. The number of likely N-dealkylation sites (tertiary alicyclic amines) is 1. The van der Waals surface area contributed by atoms with E-state index in [1.54, 1.807) is 0 Å². The molecule has 0 bridgehead atoms. The van der Waals surface area contributed by atoms with Gasteiger partial charge in [-0.1, -0.05) is 58.6 Å². The molecule has 0 N–H and O–H groups in total. The quantitative estimate of drug-likeness (QED) is 0.743. The van der Waals surface area contributed by atoms with Crippen molar-refractivity contribution in [3.63, 3.8) is 0 Å². The molecule has 1 atom stereocenters. The van der Waals surface area contributed by atoms with E-state index in [2.05, 4.69) is 33.0 Å². The maximum atomic E-state index is 6.24. The van der Waals surface area contributed by atoms with Crippen LogP contribution in [0.5, 0.6) is 0 Å². The smallest absolute Gasteiger partial charge is 0.0451 e. The average molecular weight is 317 g/mol. The van der Waals surface area contributed by atoms with Crippen LogP contribution in [0.4, 0.5) is 0 Å². The molecule has 94 valence electrons. The van der Waals surface area contributed by atoms with Gasteiger partial charge in [0.1, 0.15) is 0 Å². The molecule has 1 nitrogen and oxygen atoms in total. The summed E-state index contributed by atoms with van der Waals surface area (Å²) >= 11 is 9.88. The Hall–Kier alpha value is -0.0500. The van der Waals surface area contributed by atoms with Crippen molar-refractivity contribution in [1.82, 2.24) is 4.90 Å². The molecule has 0 amide bonds. The Morgan fingerprint density at radius 2 is 2.06 bits per heavy atom. The number of benzene rings is 1. The average Bonchev–Trinajstić information content (AvgIpc) is 2.57. The number of halogens is 2. The Bertz CT molecular complexity index is 356. The minimum Gasteiger partial charge on any atom is -0.295 e. The van der Waals surface area contributed by atoms with Gasteiger partial charge in [0.2, 0.25) is 0 Å². The first-order chi connectivity index (χ1) is 8.31. The highest BCUT2D eigenvalue weighted by molar-refractivity contribution is 9.09. The maximum Gasteiger partial charge on any atom is 0.0451 e. The number of alkyl halides is 1. The lowest BCUT2D eigenvalue weighted by Crippen LogP contribution is -2.35. The minimum absolute atomic E-state index is 0.661. The van der Waals surface area contributed by atoms with Crippen molar-refractivity contribution in [3.05, 3.63) is 34.9 Å². The molecular weight excluding hydrogens is 298 g/mol. The fourth-order valence-electron chi connectivity index (χ4n) is 2.47. The van der Waals surface area contributed by atoms with Crippen LogP contribution >= 0.6 is 27.5 Å². The molecule has 1 aromatic carbocycles. The summed E-state index contributed by atoms with van der Waals surface area (Å²) in [6.45, 7) is 2.18. The first-order valence-corrected chi connectivity index (χ1v) is 7.84. The number of rotatable bonds is 3. The predicted octanol–water partition coefficient (Wildman–Crippen LogP) is 4.48. The third-order valence-electron chi connectivity index (χ3n) is 3.51. The van der Waals surface area contributed by atoms with Crippen molar-refractivity contribution >= 4 is 27.5 Å². The van der Waals surface area contributed by atoms with Gasteiger partial charge >= 0.3 is 0 Å². The van der Waals surface area contributed by atoms with Crippen LogP contribution < -0.4 is 0 Å². The van der Waals surface area contributed by atoms with E-state index in [0.29, 0.717) is 6.04 Å². The molecule has 2 rings (SSSR count). The third kappa shape index (κ3) is 3.70. The van der Waals surface area contributed by atoms with Crippen LogP contribution in [-0.2, 0) is 6.54 Å². The first-order valence-electron chi connectivity index (χ1n) is 6.34. The molecule has 0 spiro atoms. The highest BCUT2D eigenvalue weighted by Crippen LogP contribution is 2.23. The predicted molar refractivity (Wildman–Crippen MR) is 77.9 cm³/mol. The van der Waals surface area contributed by atoms with Crippen molar-refractivity contribution < 1.29 is 0 Å². The third-order valence-corrected chi connectivity index (χ3v) is 4.62. The number of hydrogen-bond donors (Lipinski definition) is 0. The molecular formula is C14H19BrClN. The Morgan fingerprint density at radius 1 is 1.24 bits per heavy atom. The topological polar surface area (TPSA) is 3.24 Å². The van der Waals surface area contributed by atoms with Crippen LogP contribution in [0.25, 0.3) is 0 Å². The van der Waals surface area contributed by atoms with Crippen LogP contribution in [-0.4, -0.2) is 22.8 Å². The molecule has 1 fully saturated rings. The monoisotopic (exact) mass is 315 g/mol. The van der Waals surface area contributed by atoms with Gasteiger partial charge in [-0.15, -0.1) is 0 Å². The van der Waals surface area contributed by atoms with Crippen molar-refractivity contribution in [2.75, 3.05) is 11.9 Å². The molecule has 1 unspecified atom stereocenters. The largest absolute Gasteiger partial charge is 0.295 e. The molecule has 0 saturated carbocycles. The summed E-state index contributed by atoms with van der Waals surface area (Å²) < 4.78 is 0. The zero-order valence-corrected chi connectivity index (χ0v) is 12.4. The summed E-state index contributed by atoms with van der Waals surface area (Å²) in [6.07, 6.45) is 5.33. The lowest BCUT2D eigenvalue weighted by molar-refractivity contribution is 0.209. The molecule has 1 aliphatic heterocycles. The van der Waals surface area contributed by atoms with Crippen LogP contribution in [0.1, 0.15) is 31.2 Å². The van der Waals surface area contributed by atoms with Gasteiger partial charge < -0.3 is 0 Å². The Morgan fingerprint density at radius 3 is 2.82 bits per heavy atom. The Balaban J connectivity index is 2.07. The number of nitrogens with zero attached hydrogens (tertiary/aromatic N) is 1. The molecule has 3 heteroatoms. The first kappa shape index (κ1) is 13.4. The summed E-state index contributed by atoms with van der Waals surface area (Å²) in [6, 6.07) is 8.85. The maximum absolute atomic E-state index is 6.24. The zero-order chi connectivity index (χ0) is 12.1. The van der Waals surface area contributed by atoms with Crippen molar-refractivity contribution in [3.8, 4) is 0 Å². The summed E-state index contributed by atoms with van der Waals surface area (Å²) in [7, 11) is 0. The summed E-state index contributed by atoms with van der Waals surface area (Å²) in [5.41, 5.74) is 1.25. The van der Waals surface area contributed by atoms with Gasteiger partial charge in [-0.3, -0.25) is 4.90 Å². The highest BCUT2D eigenvalue weighted by Gasteiger charge is 2.20. The standard InChI is InChI=1S/C14H19BrClN/c15-10-13-7-2-1-5-9-17(13)11-12-6-3-4-8-14(12)16/h3-4,6,8,13H,1-2,5,7,9-11H2. The van der Waals surface area contributed by atoms with E-state index >= 15 is 0 Å². The van der Waals surface area contributed by atoms with Crippen LogP contribution in [0, 0.1) is 0 Å². The van der Waals surface area contributed by atoms with E-state index in [4.69, 9.17) is 11.6 Å². The van der Waals surface area contributed by atoms with Gasteiger partial charge in [-0.2, -0.15) is 0 Å². The lowest BCUT2D eigenvalue weighted by atomic mass is 10.1. The van der Waals surface area contributed by atoms with Crippen molar-refractivity contribution in [1.29, 1.82) is 0 Å². The van der Waals surface area contributed by atoms with E-state index < -0.39 is 0 Å². The van der Waals surface area contributed by atoms with Gasteiger partial charge in [0.05, 0.1) is 0 Å². The Kier molecular flexibility index (Phi) is 5.33. The zero-order valence-electron chi connectivity index (χ0n) is 10.0. The van der Waals surface area contributed by atoms with Crippen LogP contribution in [0.15, 0.2) is 24.3 Å². The van der Waals surface area contributed by atoms with Crippen molar-refractivity contribution in [2.45, 2.75) is 38.3 Å². The van der Waals surface area contributed by atoms with Gasteiger partial charge in [0.15, 0.2) is 0 Å². The summed E-state index contributed by atoms with van der Waals surface area (Å²) in [5.74, 6) is 0. The molecule has 0 radical (unpaired) electrons. The van der Waals surface area contributed by atoms with E-state index in [0.717, 1.165) is 16.9 Å². The molecule has 1 heterocycles. The van der Waals surface area contributed by atoms with Gasteiger partial charge in [-0.25, -0.2) is 0 Å². The molecule has 1 saturated heterocycles. The second kappa shape index (κ2) is 6.77. The summed E-state index contributed by atoms with van der Waals surface area (Å²) in [4.78, 5) is 2.57. The van der Waals surface area contributed by atoms with Crippen LogP contribution in [0.2, 0.25) is 5.02 Å². The fraction of sp³-hybridized carbons (Fsp3) is 0.571. The fourth-order valence-corrected chi connectivity index (χ4v) is 3.39. The second-order valence-corrected chi connectivity index (χ2v) is 5.77. The van der Waals surface area contributed by atoms with E-state index in [1.807, 2.05) is 12.1 Å². The van der Waals surface area contributed by atoms with Gasteiger partial charge in [0.25, 0.3) is 0 Å². The van der Waals surface area contributed by atoms with E-state index in [-0.39, 0.29) is 0 Å². The molecule has 17 heavy (non-hydrogen) atoms. The molecule has 0 aliphatic carbocycles. The van der Waals surface area contributed by atoms with Crippen molar-refractivity contribution in [2.24, 2.45) is 0 Å². The molecule has 0 aromatic heterocycles. The Labute approximate surface area is 117 Å². The highest BCUT2D eigenvalue weighted by atomic mass is 79.9.